The molecule has 0 aromatic rings. The molecule has 2 aliphatic heterocycles. The van der Waals surface area contributed by atoms with Gasteiger partial charge < -0.3 is 10.2 Å². The molecule has 0 unspecified atom stereocenters. The lowest BCUT2D eigenvalue weighted by atomic mass is 9.77. The van der Waals surface area contributed by atoms with Crippen molar-refractivity contribution in [3.63, 3.8) is 0 Å². The molecule has 0 aromatic heterocycles. The van der Waals surface area contributed by atoms with E-state index in [0.717, 1.165) is 12.1 Å². The van der Waals surface area contributed by atoms with E-state index >= 15 is 0 Å². The average molecular weight is 279 g/mol. The fraction of sp³-hybridized carbons (Fsp3) is 1.00. The predicted molar refractivity (Wildman–Crippen MR) is 85.1 cm³/mol. The molecule has 1 spiro atoms. The molecule has 0 bridgehead atoms. The van der Waals surface area contributed by atoms with Gasteiger partial charge >= 0.3 is 0 Å². The molecule has 20 heavy (non-hydrogen) atoms. The van der Waals surface area contributed by atoms with Gasteiger partial charge in [-0.1, -0.05) is 19.3 Å². The number of nitrogens with zero attached hydrogens (tertiary/aromatic N) is 2. The van der Waals surface area contributed by atoms with Crippen molar-refractivity contribution in [3.8, 4) is 0 Å². The van der Waals surface area contributed by atoms with E-state index in [2.05, 4.69) is 29.0 Å². The van der Waals surface area contributed by atoms with E-state index in [4.69, 9.17) is 0 Å². The van der Waals surface area contributed by atoms with Crippen LogP contribution in [0.25, 0.3) is 0 Å². The highest BCUT2D eigenvalue weighted by molar-refractivity contribution is 5.01. The monoisotopic (exact) mass is 279 g/mol. The summed E-state index contributed by atoms with van der Waals surface area (Å²) in [4.78, 5) is 5.60. The molecule has 2 saturated heterocycles. The van der Waals surface area contributed by atoms with E-state index in [9.17, 15) is 0 Å². The summed E-state index contributed by atoms with van der Waals surface area (Å²) in [7, 11) is 0. The van der Waals surface area contributed by atoms with Crippen molar-refractivity contribution in [2.24, 2.45) is 0 Å². The molecular weight excluding hydrogens is 246 g/mol. The second kappa shape index (κ2) is 6.33. The van der Waals surface area contributed by atoms with E-state index in [1.54, 1.807) is 0 Å². The summed E-state index contributed by atoms with van der Waals surface area (Å²) in [6, 6.07) is 1.58. The van der Waals surface area contributed by atoms with Crippen molar-refractivity contribution in [2.45, 2.75) is 76.4 Å². The standard InChI is InChI=1S/C17H33N3/c1-15(2)19-11-6-16(7-12-19)20-13-10-18-14-17(20)8-4-3-5-9-17/h15-16,18H,3-14H2,1-2H3. The van der Waals surface area contributed by atoms with Gasteiger partial charge in [-0.25, -0.2) is 0 Å². The van der Waals surface area contributed by atoms with E-state index in [1.165, 1.54) is 77.7 Å². The zero-order valence-corrected chi connectivity index (χ0v) is 13.5. The van der Waals surface area contributed by atoms with Crippen LogP contribution in [0.3, 0.4) is 0 Å². The fourth-order valence-electron chi connectivity index (χ4n) is 4.82. The Morgan fingerprint density at radius 1 is 1.00 bits per heavy atom. The maximum absolute atomic E-state index is 3.69. The molecular formula is C17H33N3. The second-order valence-electron chi connectivity index (χ2n) is 7.52. The summed E-state index contributed by atoms with van der Waals surface area (Å²) in [5.41, 5.74) is 0.515. The molecule has 3 nitrogen and oxygen atoms in total. The van der Waals surface area contributed by atoms with Gasteiger partial charge in [-0.15, -0.1) is 0 Å². The Morgan fingerprint density at radius 3 is 2.35 bits per heavy atom. The van der Waals surface area contributed by atoms with Gasteiger partial charge in [-0.2, -0.15) is 0 Å². The van der Waals surface area contributed by atoms with Gasteiger partial charge in [0.2, 0.25) is 0 Å². The number of hydrogen-bond donors (Lipinski definition) is 1. The van der Waals surface area contributed by atoms with Crippen molar-refractivity contribution >= 4 is 0 Å². The quantitative estimate of drug-likeness (QED) is 0.838. The molecule has 0 atom stereocenters. The lowest BCUT2D eigenvalue weighted by Crippen LogP contribution is -2.66. The zero-order chi connectivity index (χ0) is 14.0. The first-order valence-corrected chi connectivity index (χ1v) is 8.93. The van der Waals surface area contributed by atoms with Crippen LogP contribution >= 0.6 is 0 Å². The molecule has 1 N–H and O–H groups in total. The minimum absolute atomic E-state index is 0.515. The molecule has 1 aliphatic carbocycles. The molecule has 3 aliphatic rings. The molecule has 1 saturated carbocycles. The molecule has 3 heteroatoms. The van der Waals surface area contributed by atoms with Crippen molar-refractivity contribution in [1.29, 1.82) is 0 Å². The van der Waals surface area contributed by atoms with Crippen LogP contribution in [0, 0.1) is 0 Å². The SMILES string of the molecule is CC(C)N1CCC(N2CCNCC23CCCCC3)CC1. The maximum Gasteiger partial charge on any atom is 0.0337 e. The third-order valence-corrected chi connectivity index (χ3v) is 6.05. The van der Waals surface area contributed by atoms with Crippen LogP contribution in [0.5, 0.6) is 0 Å². The largest absolute Gasteiger partial charge is 0.314 e. The summed E-state index contributed by atoms with van der Waals surface area (Å²) in [6.45, 7) is 11.0. The molecule has 3 rings (SSSR count). The predicted octanol–water partition coefficient (Wildman–Crippen LogP) is 2.47. The molecule has 116 valence electrons. The van der Waals surface area contributed by atoms with Gasteiger partial charge in [-0.05, 0) is 52.6 Å². The summed E-state index contributed by atoms with van der Waals surface area (Å²) >= 11 is 0. The highest BCUT2D eigenvalue weighted by atomic mass is 15.3. The van der Waals surface area contributed by atoms with Crippen molar-refractivity contribution in [3.05, 3.63) is 0 Å². The van der Waals surface area contributed by atoms with Gasteiger partial charge in [0.15, 0.2) is 0 Å². The molecule has 0 radical (unpaired) electrons. The third kappa shape index (κ3) is 2.90. The number of rotatable bonds is 2. The Hall–Kier alpha value is -0.120. The molecule has 0 amide bonds. The van der Waals surface area contributed by atoms with Crippen molar-refractivity contribution < 1.29 is 0 Å². The maximum atomic E-state index is 3.69. The Bertz CT molecular complexity index is 293. The Kier molecular flexibility index (Phi) is 4.68. The van der Waals surface area contributed by atoms with Gasteiger partial charge in [0.1, 0.15) is 0 Å². The second-order valence-corrected chi connectivity index (χ2v) is 7.52. The minimum Gasteiger partial charge on any atom is -0.314 e. The van der Waals surface area contributed by atoms with Crippen molar-refractivity contribution in [1.82, 2.24) is 15.1 Å². The highest BCUT2D eigenvalue weighted by Gasteiger charge is 2.43. The third-order valence-electron chi connectivity index (χ3n) is 6.05. The first-order valence-electron chi connectivity index (χ1n) is 8.93. The van der Waals surface area contributed by atoms with E-state index < -0.39 is 0 Å². The Balaban J connectivity index is 1.65. The normalized spacial score (nSPS) is 30.1. The van der Waals surface area contributed by atoms with E-state index in [-0.39, 0.29) is 0 Å². The van der Waals surface area contributed by atoms with Gasteiger partial charge in [0.05, 0.1) is 0 Å². The number of piperazine rings is 1. The molecule has 2 heterocycles. The van der Waals surface area contributed by atoms with Crippen LogP contribution in [-0.2, 0) is 0 Å². The molecule has 0 aromatic carbocycles. The lowest BCUT2D eigenvalue weighted by molar-refractivity contribution is -0.0299. The van der Waals surface area contributed by atoms with Crippen LogP contribution < -0.4 is 5.32 Å². The summed E-state index contributed by atoms with van der Waals surface area (Å²) in [5.74, 6) is 0. The van der Waals surface area contributed by atoms with Crippen LogP contribution in [0.2, 0.25) is 0 Å². The smallest absolute Gasteiger partial charge is 0.0337 e. The summed E-state index contributed by atoms with van der Waals surface area (Å²) < 4.78 is 0. The fourth-order valence-corrected chi connectivity index (χ4v) is 4.82. The van der Waals surface area contributed by atoms with Gasteiger partial charge in [0, 0.05) is 37.3 Å². The van der Waals surface area contributed by atoms with Crippen molar-refractivity contribution in [2.75, 3.05) is 32.7 Å². The van der Waals surface area contributed by atoms with Crippen LogP contribution in [0.4, 0.5) is 0 Å². The van der Waals surface area contributed by atoms with Crippen LogP contribution in [0.1, 0.15) is 58.8 Å². The topological polar surface area (TPSA) is 18.5 Å². The lowest BCUT2D eigenvalue weighted by Gasteiger charge is -2.54. The first-order chi connectivity index (χ1) is 9.71. The summed E-state index contributed by atoms with van der Waals surface area (Å²) in [6.07, 6.45) is 10.0. The Labute approximate surface area is 125 Å². The number of hydrogen-bond acceptors (Lipinski definition) is 3. The minimum atomic E-state index is 0.515. The van der Waals surface area contributed by atoms with Gasteiger partial charge in [0.25, 0.3) is 0 Å². The van der Waals surface area contributed by atoms with E-state index in [1.807, 2.05) is 0 Å². The zero-order valence-electron chi connectivity index (χ0n) is 13.5. The van der Waals surface area contributed by atoms with E-state index in [0.29, 0.717) is 5.54 Å². The number of piperidine rings is 1. The highest BCUT2D eigenvalue weighted by Crippen LogP contribution is 2.37. The summed E-state index contributed by atoms with van der Waals surface area (Å²) in [5, 5.41) is 3.69. The van der Waals surface area contributed by atoms with Crippen LogP contribution in [-0.4, -0.2) is 60.1 Å². The number of likely N-dealkylation sites (tertiary alicyclic amines) is 1. The molecule has 3 fully saturated rings. The first kappa shape index (κ1) is 14.8. The Morgan fingerprint density at radius 2 is 1.70 bits per heavy atom. The van der Waals surface area contributed by atoms with Crippen LogP contribution in [0.15, 0.2) is 0 Å². The van der Waals surface area contributed by atoms with Gasteiger partial charge in [-0.3, -0.25) is 4.90 Å². The average Bonchev–Trinajstić information content (AvgIpc) is 2.49. The number of nitrogens with one attached hydrogen (secondary N) is 1.